The molecule has 0 amide bonds. The lowest BCUT2D eigenvalue weighted by Crippen LogP contribution is -2.36. The number of nitrogens with one attached hydrogen (secondary N) is 1. The zero-order chi connectivity index (χ0) is 15.6. The number of nitrogens with zero attached hydrogens (tertiary/aromatic N) is 3. The van der Waals surface area contributed by atoms with Gasteiger partial charge in [0.15, 0.2) is 0 Å². The third kappa shape index (κ3) is 4.08. The summed E-state index contributed by atoms with van der Waals surface area (Å²) in [5, 5.41) is 4.56. The summed E-state index contributed by atoms with van der Waals surface area (Å²) in [5.41, 5.74) is 2.03. The molecule has 1 aromatic rings. The molecule has 0 unspecified atom stereocenters. The zero-order valence-electron chi connectivity index (χ0n) is 13.3. The third-order valence-corrected chi connectivity index (χ3v) is 5.37. The van der Waals surface area contributed by atoms with E-state index in [0.29, 0.717) is 6.04 Å². The number of aryl methyl sites for hydroxylation is 1. The molecule has 1 aromatic heterocycles. The van der Waals surface area contributed by atoms with Crippen LogP contribution in [-0.4, -0.2) is 41.9 Å². The molecule has 2 aliphatic rings. The molecule has 3 rings (SSSR count). The predicted molar refractivity (Wildman–Crippen MR) is 85.8 cm³/mol. The highest BCUT2D eigenvalue weighted by molar-refractivity contribution is 7.88. The second-order valence-electron chi connectivity index (χ2n) is 6.56. The van der Waals surface area contributed by atoms with Crippen molar-refractivity contribution in [3.63, 3.8) is 0 Å². The molecular weight excluding hydrogens is 300 g/mol. The van der Waals surface area contributed by atoms with Crippen molar-refractivity contribution in [3.05, 3.63) is 17.5 Å². The number of hydrogen-bond donors (Lipinski definition) is 1. The van der Waals surface area contributed by atoms with Crippen LogP contribution in [0, 0.1) is 0 Å². The molecule has 0 bridgehead atoms. The van der Waals surface area contributed by atoms with Crippen LogP contribution < -0.4 is 4.72 Å². The first-order valence-corrected chi connectivity index (χ1v) is 10.1. The molecule has 7 heteroatoms. The summed E-state index contributed by atoms with van der Waals surface area (Å²) in [7, 11) is -3.17. The van der Waals surface area contributed by atoms with Crippen molar-refractivity contribution >= 4 is 10.0 Å². The average molecular weight is 326 g/mol. The Bertz CT molecular complexity index is 605. The lowest BCUT2D eigenvalue weighted by molar-refractivity contribution is 0.150. The highest BCUT2D eigenvalue weighted by atomic mass is 32.2. The van der Waals surface area contributed by atoms with Crippen LogP contribution in [0.25, 0.3) is 0 Å². The molecule has 1 saturated carbocycles. The third-order valence-electron chi connectivity index (χ3n) is 4.70. The van der Waals surface area contributed by atoms with Crippen molar-refractivity contribution in [2.45, 2.75) is 64.2 Å². The molecule has 0 spiro atoms. The Morgan fingerprint density at radius 1 is 1.23 bits per heavy atom. The van der Waals surface area contributed by atoms with E-state index in [4.69, 9.17) is 0 Å². The van der Waals surface area contributed by atoms with Crippen LogP contribution in [0.1, 0.15) is 49.9 Å². The Balaban J connectivity index is 1.68. The van der Waals surface area contributed by atoms with Gasteiger partial charge in [-0.3, -0.25) is 9.58 Å². The first-order valence-electron chi connectivity index (χ1n) is 8.25. The number of hydrogen-bond acceptors (Lipinski definition) is 4. The van der Waals surface area contributed by atoms with Gasteiger partial charge in [0, 0.05) is 25.7 Å². The van der Waals surface area contributed by atoms with Crippen molar-refractivity contribution in [3.8, 4) is 0 Å². The summed E-state index contributed by atoms with van der Waals surface area (Å²) in [6.45, 7) is 3.29. The van der Waals surface area contributed by atoms with Crippen molar-refractivity contribution in [2.24, 2.45) is 0 Å². The van der Waals surface area contributed by atoms with E-state index in [9.17, 15) is 8.42 Å². The monoisotopic (exact) mass is 326 g/mol. The van der Waals surface area contributed by atoms with Crippen molar-refractivity contribution in [1.82, 2.24) is 19.4 Å². The van der Waals surface area contributed by atoms with Gasteiger partial charge in [0.25, 0.3) is 0 Å². The molecule has 1 aliphatic carbocycles. The van der Waals surface area contributed by atoms with Gasteiger partial charge >= 0.3 is 0 Å². The molecule has 2 heterocycles. The average Bonchev–Trinajstić information content (AvgIpc) is 2.76. The molecule has 1 fully saturated rings. The van der Waals surface area contributed by atoms with Crippen molar-refractivity contribution in [1.29, 1.82) is 0 Å². The molecule has 0 aromatic carbocycles. The lowest BCUT2D eigenvalue weighted by Gasteiger charge is -2.33. The van der Waals surface area contributed by atoms with Crippen LogP contribution in [0.4, 0.5) is 0 Å². The van der Waals surface area contributed by atoms with Crippen LogP contribution in [0.3, 0.4) is 0 Å². The standard InChI is InChI=1S/C15H26N4O2S/c1-22(20,21)16-11-13-10-15-12-18(8-5-9-19(15)17-13)14-6-3-2-4-7-14/h10,14,16H,2-9,11-12H2,1H3. The summed E-state index contributed by atoms with van der Waals surface area (Å²) in [5.74, 6) is 0. The van der Waals surface area contributed by atoms with Crippen LogP contribution in [0.5, 0.6) is 0 Å². The summed E-state index contributed by atoms with van der Waals surface area (Å²) in [6.07, 6.45) is 9.01. The van der Waals surface area contributed by atoms with Gasteiger partial charge in [-0.25, -0.2) is 13.1 Å². The van der Waals surface area contributed by atoms with Gasteiger partial charge in [0.2, 0.25) is 10.0 Å². The highest BCUT2D eigenvalue weighted by Crippen LogP contribution is 2.25. The van der Waals surface area contributed by atoms with E-state index in [1.807, 2.05) is 0 Å². The fourth-order valence-corrected chi connectivity index (χ4v) is 4.01. The highest BCUT2D eigenvalue weighted by Gasteiger charge is 2.24. The normalized spacial score (nSPS) is 21.5. The summed E-state index contributed by atoms with van der Waals surface area (Å²) < 4.78 is 27.0. The Morgan fingerprint density at radius 3 is 2.73 bits per heavy atom. The molecular formula is C15H26N4O2S. The second kappa shape index (κ2) is 6.68. The zero-order valence-corrected chi connectivity index (χ0v) is 14.1. The van der Waals surface area contributed by atoms with Crippen LogP contribution in [0.15, 0.2) is 6.07 Å². The van der Waals surface area contributed by atoms with Crippen LogP contribution in [0.2, 0.25) is 0 Å². The molecule has 0 atom stereocenters. The summed E-state index contributed by atoms with van der Waals surface area (Å²) in [4.78, 5) is 2.60. The summed E-state index contributed by atoms with van der Waals surface area (Å²) >= 11 is 0. The minimum absolute atomic E-state index is 0.280. The number of aromatic nitrogens is 2. The van der Waals surface area contributed by atoms with E-state index in [-0.39, 0.29) is 6.54 Å². The van der Waals surface area contributed by atoms with Gasteiger partial charge in [0.1, 0.15) is 0 Å². The predicted octanol–water partition coefficient (Wildman–Crippen LogP) is 1.47. The van der Waals surface area contributed by atoms with Gasteiger partial charge in [-0.15, -0.1) is 0 Å². The Morgan fingerprint density at radius 2 is 2.00 bits per heavy atom. The summed E-state index contributed by atoms with van der Waals surface area (Å²) in [6, 6.07) is 2.77. The van der Waals surface area contributed by atoms with E-state index in [0.717, 1.165) is 31.7 Å². The molecule has 1 aliphatic heterocycles. The van der Waals surface area contributed by atoms with E-state index in [2.05, 4.69) is 25.5 Å². The number of fused-ring (bicyclic) bond motifs is 1. The fraction of sp³-hybridized carbons (Fsp3) is 0.800. The van der Waals surface area contributed by atoms with Gasteiger partial charge in [0.05, 0.1) is 24.2 Å². The Hall–Kier alpha value is -0.920. The first-order chi connectivity index (χ1) is 10.5. The maximum absolute atomic E-state index is 11.2. The maximum Gasteiger partial charge on any atom is 0.209 e. The van der Waals surface area contributed by atoms with E-state index in [1.165, 1.54) is 44.1 Å². The molecule has 0 radical (unpaired) electrons. The number of rotatable bonds is 4. The topological polar surface area (TPSA) is 67.2 Å². The number of sulfonamides is 1. The Labute approximate surface area is 132 Å². The maximum atomic E-state index is 11.2. The van der Waals surface area contributed by atoms with E-state index < -0.39 is 10.0 Å². The van der Waals surface area contributed by atoms with Crippen LogP contribution >= 0.6 is 0 Å². The minimum Gasteiger partial charge on any atom is -0.295 e. The van der Waals surface area contributed by atoms with Gasteiger partial charge < -0.3 is 0 Å². The SMILES string of the molecule is CS(=O)(=O)NCc1cc2n(n1)CCCN(C1CCCCC1)C2. The minimum atomic E-state index is -3.17. The molecule has 124 valence electrons. The first kappa shape index (κ1) is 16.0. The largest absolute Gasteiger partial charge is 0.295 e. The fourth-order valence-electron chi connectivity index (χ4n) is 3.60. The van der Waals surface area contributed by atoms with Gasteiger partial charge in [-0.05, 0) is 25.3 Å². The molecule has 6 nitrogen and oxygen atoms in total. The van der Waals surface area contributed by atoms with Crippen LogP contribution in [-0.2, 0) is 29.7 Å². The molecule has 0 saturated heterocycles. The lowest BCUT2D eigenvalue weighted by atomic mass is 9.94. The van der Waals surface area contributed by atoms with Crippen molar-refractivity contribution < 1.29 is 8.42 Å². The Kier molecular flexibility index (Phi) is 4.84. The molecule has 1 N–H and O–H groups in total. The second-order valence-corrected chi connectivity index (χ2v) is 8.39. The van der Waals surface area contributed by atoms with Gasteiger partial charge in [-0.1, -0.05) is 19.3 Å². The molecule has 22 heavy (non-hydrogen) atoms. The smallest absolute Gasteiger partial charge is 0.209 e. The van der Waals surface area contributed by atoms with E-state index >= 15 is 0 Å². The van der Waals surface area contributed by atoms with Gasteiger partial charge in [-0.2, -0.15) is 5.10 Å². The van der Waals surface area contributed by atoms with Crippen molar-refractivity contribution in [2.75, 3.05) is 12.8 Å². The quantitative estimate of drug-likeness (QED) is 0.910. The van der Waals surface area contributed by atoms with E-state index in [1.54, 1.807) is 0 Å².